The molecule has 5 N–H and O–H groups in total. The van der Waals surface area contributed by atoms with Crippen LogP contribution >= 0.6 is 11.6 Å². The SMILES string of the molecule is O=C(Cn1c(Cl)cnc(NCC(F)(F)c2ccccn2)c1=O)NCc1ccccc1CNC(=O)OCc1ccccc1.O=C(O)C(F)(F)F.O=C(O)C(F)(F)F. The molecule has 0 aliphatic heterocycles. The Labute approximate surface area is 315 Å². The molecule has 14 nitrogen and oxygen atoms in total. The van der Waals surface area contributed by atoms with E-state index < -0.39 is 72.4 Å². The number of amides is 2. The Morgan fingerprint density at radius 1 is 0.750 bits per heavy atom. The lowest BCUT2D eigenvalue weighted by atomic mass is 10.1. The van der Waals surface area contributed by atoms with Crippen molar-refractivity contribution >= 4 is 41.4 Å². The van der Waals surface area contributed by atoms with Crippen molar-refractivity contribution in [2.24, 2.45) is 0 Å². The summed E-state index contributed by atoms with van der Waals surface area (Å²) in [6.07, 6.45) is -8.42. The number of carbonyl (C=O) groups excluding carboxylic acids is 2. The molecule has 56 heavy (non-hydrogen) atoms. The van der Waals surface area contributed by atoms with E-state index >= 15 is 0 Å². The molecule has 2 amide bonds. The predicted molar refractivity (Wildman–Crippen MR) is 179 cm³/mol. The van der Waals surface area contributed by atoms with Gasteiger partial charge in [0.05, 0.1) is 12.7 Å². The molecule has 0 spiro atoms. The highest BCUT2D eigenvalue weighted by Crippen LogP contribution is 2.26. The first-order chi connectivity index (χ1) is 26.1. The maximum absolute atomic E-state index is 14.5. The van der Waals surface area contributed by atoms with E-state index in [4.69, 9.17) is 36.1 Å². The summed E-state index contributed by atoms with van der Waals surface area (Å²) in [5.74, 6) is -9.84. The van der Waals surface area contributed by atoms with Crippen LogP contribution in [0.25, 0.3) is 0 Å². The fraction of sp³-hybridized carbons (Fsp3) is 0.242. The molecule has 0 aliphatic rings. The Kier molecular flexibility index (Phi) is 17.1. The quantitative estimate of drug-likeness (QED) is 0.113. The molecule has 2 aromatic carbocycles. The standard InChI is InChI=1S/C29H27ClF2N6O4.2C2HF3O2/c30-24-16-35-26(37-19-29(31,32)23-12-6-7-13-33-23)27(40)38(24)17-25(39)34-14-21-10-4-5-11-22(21)15-36-28(41)42-18-20-8-2-1-3-9-20;2*3-2(4,5)1(6)7/h1-13,16H,14-15,17-19H2,(H,34,39)(H,35,37)(H,36,41);2*(H,6,7). The van der Waals surface area contributed by atoms with Gasteiger partial charge in [-0.2, -0.15) is 35.1 Å². The molecule has 0 radical (unpaired) electrons. The zero-order chi connectivity index (χ0) is 42.1. The zero-order valence-electron chi connectivity index (χ0n) is 28.2. The van der Waals surface area contributed by atoms with Gasteiger partial charge in [-0.25, -0.2) is 19.4 Å². The van der Waals surface area contributed by atoms with Crippen molar-refractivity contribution in [2.75, 3.05) is 11.9 Å². The molecule has 0 saturated heterocycles. The first-order valence-corrected chi connectivity index (χ1v) is 15.7. The van der Waals surface area contributed by atoms with Crippen molar-refractivity contribution in [3.05, 3.63) is 123 Å². The maximum Gasteiger partial charge on any atom is 0.490 e. The fourth-order valence-corrected chi connectivity index (χ4v) is 4.02. The van der Waals surface area contributed by atoms with E-state index in [-0.39, 0.29) is 24.8 Å². The number of ether oxygens (including phenoxy) is 1. The molecule has 0 aliphatic carbocycles. The van der Waals surface area contributed by atoms with E-state index in [2.05, 4.69) is 25.9 Å². The van der Waals surface area contributed by atoms with Gasteiger partial charge < -0.3 is 30.9 Å². The molecule has 2 aromatic heterocycles. The minimum absolute atomic E-state index is 0.0919. The van der Waals surface area contributed by atoms with E-state index in [1.807, 2.05) is 30.3 Å². The first-order valence-electron chi connectivity index (χ1n) is 15.3. The highest BCUT2D eigenvalue weighted by Gasteiger charge is 2.39. The van der Waals surface area contributed by atoms with Gasteiger partial charge in [0.25, 0.3) is 5.56 Å². The number of aromatic nitrogens is 3. The van der Waals surface area contributed by atoms with Crippen LogP contribution in [-0.4, -0.2) is 67.6 Å². The minimum Gasteiger partial charge on any atom is -0.475 e. The van der Waals surface area contributed by atoms with Crippen molar-refractivity contribution in [2.45, 2.75) is 44.5 Å². The van der Waals surface area contributed by atoms with Crippen LogP contribution < -0.4 is 21.5 Å². The lowest BCUT2D eigenvalue weighted by molar-refractivity contribution is -0.193. The molecule has 0 unspecified atom stereocenters. The summed E-state index contributed by atoms with van der Waals surface area (Å²) >= 11 is 6.09. The van der Waals surface area contributed by atoms with Crippen LogP contribution in [0.1, 0.15) is 22.4 Å². The summed E-state index contributed by atoms with van der Waals surface area (Å²) in [7, 11) is 0. The molecule has 0 bridgehead atoms. The number of carboxylic acid groups (broad SMARTS) is 2. The average Bonchev–Trinajstić information content (AvgIpc) is 3.14. The van der Waals surface area contributed by atoms with Crippen LogP contribution in [-0.2, 0) is 51.3 Å². The number of pyridine rings is 1. The van der Waals surface area contributed by atoms with Gasteiger partial charge in [0.15, 0.2) is 5.82 Å². The lowest BCUT2D eigenvalue weighted by Gasteiger charge is -2.17. The third-order valence-electron chi connectivity index (χ3n) is 6.54. The second-order valence-corrected chi connectivity index (χ2v) is 11.0. The zero-order valence-corrected chi connectivity index (χ0v) is 29.0. The number of alkyl carbamates (subject to hydrolysis) is 1. The summed E-state index contributed by atoms with van der Waals surface area (Å²) in [5, 5.41) is 21.8. The normalized spacial score (nSPS) is 11.1. The Morgan fingerprint density at radius 2 is 1.27 bits per heavy atom. The summed E-state index contributed by atoms with van der Waals surface area (Å²) in [6, 6.07) is 20.5. The number of alkyl halides is 8. The molecule has 4 rings (SSSR count). The summed E-state index contributed by atoms with van der Waals surface area (Å²) in [5.41, 5.74) is 1.02. The van der Waals surface area contributed by atoms with Gasteiger partial charge in [-0.15, -0.1) is 0 Å². The highest BCUT2D eigenvalue weighted by atomic mass is 35.5. The van der Waals surface area contributed by atoms with Crippen molar-refractivity contribution in [3.63, 3.8) is 0 Å². The van der Waals surface area contributed by atoms with E-state index in [9.17, 15) is 49.5 Å². The number of carbonyl (C=O) groups is 4. The number of rotatable bonds is 12. The molecule has 0 saturated carbocycles. The molecule has 23 heteroatoms. The van der Waals surface area contributed by atoms with Crippen molar-refractivity contribution in [1.29, 1.82) is 0 Å². The lowest BCUT2D eigenvalue weighted by Crippen LogP contribution is -2.35. The number of aliphatic carboxylic acids is 2. The van der Waals surface area contributed by atoms with Gasteiger partial charge in [0, 0.05) is 19.3 Å². The van der Waals surface area contributed by atoms with Crippen molar-refractivity contribution in [3.8, 4) is 0 Å². The second-order valence-electron chi connectivity index (χ2n) is 10.7. The van der Waals surface area contributed by atoms with Crippen LogP contribution in [0.2, 0.25) is 5.15 Å². The van der Waals surface area contributed by atoms with Crippen LogP contribution in [0, 0.1) is 0 Å². The number of halogens is 9. The molecule has 0 fully saturated rings. The van der Waals surface area contributed by atoms with Crippen molar-refractivity contribution in [1.82, 2.24) is 25.2 Å². The monoisotopic (exact) mass is 824 g/mol. The van der Waals surface area contributed by atoms with E-state index in [0.717, 1.165) is 27.5 Å². The van der Waals surface area contributed by atoms with Crippen LogP contribution in [0.15, 0.2) is 90.0 Å². The van der Waals surface area contributed by atoms with E-state index in [0.29, 0.717) is 0 Å². The van der Waals surface area contributed by atoms with Crippen LogP contribution in [0.5, 0.6) is 0 Å². The van der Waals surface area contributed by atoms with Gasteiger partial charge in [-0.3, -0.25) is 19.1 Å². The van der Waals surface area contributed by atoms with Gasteiger partial charge in [0.1, 0.15) is 24.0 Å². The van der Waals surface area contributed by atoms with Crippen molar-refractivity contribution < 1.29 is 69.3 Å². The van der Waals surface area contributed by atoms with E-state index in [1.54, 1.807) is 24.3 Å². The number of benzene rings is 2. The van der Waals surface area contributed by atoms with Gasteiger partial charge in [0.2, 0.25) is 5.91 Å². The Hall–Kier alpha value is -6.32. The Morgan fingerprint density at radius 3 is 1.79 bits per heavy atom. The minimum atomic E-state index is -5.08. The molecule has 2 heterocycles. The summed E-state index contributed by atoms with van der Waals surface area (Å²) in [4.78, 5) is 63.0. The molecule has 302 valence electrons. The smallest absolute Gasteiger partial charge is 0.475 e. The van der Waals surface area contributed by atoms with Crippen LogP contribution in [0.3, 0.4) is 0 Å². The number of hydrogen-bond acceptors (Lipinski definition) is 9. The maximum atomic E-state index is 14.5. The topological polar surface area (TPSA) is 202 Å². The second kappa shape index (κ2) is 21.0. The van der Waals surface area contributed by atoms with Crippen LogP contribution in [0.4, 0.5) is 45.7 Å². The van der Waals surface area contributed by atoms with Gasteiger partial charge in [-0.05, 0) is 28.8 Å². The predicted octanol–water partition coefficient (Wildman–Crippen LogP) is 5.51. The number of anilines is 1. The van der Waals surface area contributed by atoms with Gasteiger partial charge >= 0.3 is 36.3 Å². The first kappa shape index (κ1) is 45.8. The number of hydrogen-bond donors (Lipinski definition) is 5. The summed E-state index contributed by atoms with van der Waals surface area (Å²) < 4.78 is 98.6. The third kappa shape index (κ3) is 16.0. The largest absolute Gasteiger partial charge is 0.490 e. The average molecular weight is 825 g/mol. The highest BCUT2D eigenvalue weighted by molar-refractivity contribution is 6.29. The number of carboxylic acids is 2. The van der Waals surface area contributed by atoms with E-state index in [1.165, 1.54) is 24.4 Å². The molecule has 4 aromatic rings. The molecule has 0 atom stereocenters. The molecular formula is C33H29ClF8N6O8. The number of nitrogens with one attached hydrogen (secondary N) is 3. The summed E-state index contributed by atoms with van der Waals surface area (Å²) in [6.45, 7) is -1.03. The fourth-order valence-electron chi connectivity index (χ4n) is 3.84. The molecular weight excluding hydrogens is 796 g/mol. The third-order valence-corrected chi connectivity index (χ3v) is 6.84. The number of nitrogens with zero attached hydrogens (tertiary/aromatic N) is 3. The Balaban J connectivity index is 0.000000657. The Bertz CT molecular complexity index is 1960. The van der Waals surface area contributed by atoms with Gasteiger partial charge in [-0.1, -0.05) is 72.3 Å².